The van der Waals surface area contributed by atoms with E-state index in [1.165, 1.54) is 18.2 Å². The molecule has 3 aromatic carbocycles. The summed E-state index contributed by atoms with van der Waals surface area (Å²) in [6.07, 6.45) is -1.07. The smallest absolute Gasteiger partial charge is 0.243 e. The van der Waals surface area contributed by atoms with Crippen LogP contribution in [0.15, 0.2) is 70.0 Å². The molecule has 3 aromatic rings. The summed E-state index contributed by atoms with van der Waals surface area (Å²) in [5.74, 6) is -1.35. The van der Waals surface area contributed by atoms with Gasteiger partial charge >= 0.3 is 0 Å². The second kappa shape index (κ2) is 8.07. The van der Waals surface area contributed by atoms with Crippen LogP contribution in [0.1, 0.15) is 6.42 Å². The molecule has 6 nitrogen and oxygen atoms in total. The molecular formula is C21H18BrFN2O4S. The maximum absolute atomic E-state index is 14.1. The second-order valence-electron chi connectivity index (χ2n) is 7.10. The molecule has 2 atom stereocenters. The van der Waals surface area contributed by atoms with Crippen molar-refractivity contribution in [1.82, 2.24) is 4.31 Å². The van der Waals surface area contributed by atoms with E-state index in [1.807, 2.05) is 12.1 Å². The van der Waals surface area contributed by atoms with Crippen LogP contribution < -0.4 is 5.32 Å². The number of aliphatic hydroxyl groups is 1. The Kier molecular flexibility index (Phi) is 5.63. The van der Waals surface area contributed by atoms with Gasteiger partial charge in [0.25, 0.3) is 0 Å². The summed E-state index contributed by atoms with van der Waals surface area (Å²) < 4.78 is 42.1. The molecule has 0 saturated carbocycles. The van der Waals surface area contributed by atoms with Crippen molar-refractivity contribution in [2.75, 3.05) is 11.9 Å². The number of rotatable bonds is 4. The molecule has 1 fully saturated rings. The fourth-order valence-electron chi connectivity index (χ4n) is 3.56. The molecule has 2 N–H and O–H groups in total. The number of carbonyl (C=O) groups is 1. The summed E-state index contributed by atoms with van der Waals surface area (Å²) in [5, 5.41) is 14.2. The van der Waals surface area contributed by atoms with Crippen LogP contribution in [0.4, 0.5) is 10.1 Å². The predicted molar refractivity (Wildman–Crippen MR) is 115 cm³/mol. The molecule has 1 amide bonds. The highest BCUT2D eigenvalue weighted by molar-refractivity contribution is 9.10. The number of nitrogens with one attached hydrogen (secondary N) is 1. The molecule has 9 heteroatoms. The lowest BCUT2D eigenvalue weighted by Crippen LogP contribution is -2.43. The average molecular weight is 493 g/mol. The SMILES string of the molecule is O=C(Nc1ccc(Br)cc1F)C1CC(O)CN1S(=O)(=O)c1ccc2ccccc2c1. The van der Waals surface area contributed by atoms with E-state index >= 15 is 0 Å². The monoisotopic (exact) mass is 492 g/mol. The fourth-order valence-corrected chi connectivity index (χ4v) is 5.56. The van der Waals surface area contributed by atoms with E-state index < -0.39 is 33.9 Å². The van der Waals surface area contributed by atoms with Crippen LogP contribution in [-0.4, -0.2) is 42.4 Å². The number of anilines is 1. The van der Waals surface area contributed by atoms with Crippen LogP contribution in [-0.2, 0) is 14.8 Å². The molecule has 1 heterocycles. The van der Waals surface area contributed by atoms with Crippen LogP contribution in [0.5, 0.6) is 0 Å². The zero-order valence-corrected chi connectivity index (χ0v) is 18.0. The number of nitrogens with zero attached hydrogens (tertiary/aromatic N) is 1. The average Bonchev–Trinajstić information content (AvgIpc) is 3.12. The Morgan fingerprint density at radius 3 is 2.57 bits per heavy atom. The van der Waals surface area contributed by atoms with Gasteiger partial charge in [0.1, 0.15) is 11.9 Å². The van der Waals surface area contributed by atoms with Crippen molar-refractivity contribution in [3.05, 3.63) is 71.0 Å². The van der Waals surface area contributed by atoms with E-state index in [4.69, 9.17) is 0 Å². The van der Waals surface area contributed by atoms with Crippen molar-refractivity contribution in [2.24, 2.45) is 0 Å². The molecule has 30 heavy (non-hydrogen) atoms. The van der Waals surface area contributed by atoms with Crippen LogP contribution in [0, 0.1) is 5.82 Å². The minimum absolute atomic E-state index is 0.0305. The van der Waals surface area contributed by atoms with E-state index in [2.05, 4.69) is 21.2 Å². The Morgan fingerprint density at radius 2 is 1.83 bits per heavy atom. The minimum atomic E-state index is -4.06. The lowest BCUT2D eigenvalue weighted by molar-refractivity contribution is -0.119. The first-order chi connectivity index (χ1) is 14.3. The van der Waals surface area contributed by atoms with Crippen molar-refractivity contribution in [2.45, 2.75) is 23.5 Å². The molecule has 2 unspecified atom stereocenters. The molecule has 1 saturated heterocycles. The first-order valence-corrected chi connectivity index (χ1v) is 11.4. The second-order valence-corrected chi connectivity index (χ2v) is 9.91. The minimum Gasteiger partial charge on any atom is -0.392 e. The number of benzene rings is 3. The highest BCUT2D eigenvalue weighted by Gasteiger charge is 2.43. The number of aliphatic hydroxyl groups excluding tert-OH is 1. The summed E-state index contributed by atoms with van der Waals surface area (Å²) >= 11 is 3.14. The summed E-state index contributed by atoms with van der Waals surface area (Å²) in [7, 11) is -4.06. The Morgan fingerprint density at radius 1 is 1.10 bits per heavy atom. The Bertz CT molecular complexity index is 1230. The molecule has 0 radical (unpaired) electrons. The molecule has 0 bridgehead atoms. The lowest BCUT2D eigenvalue weighted by Gasteiger charge is -2.23. The predicted octanol–water partition coefficient (Wildman–Crippen LogP) is 3.50. The standard InChI is InChI=1S/C21H18BrFN2O4S/c22-15-6-8-19(18(23)10-15)24-21(27)20-11-16(26)12-25(20)30(28,29)17-7-5-13-3-1-2-4-14(13)9-17/h1-10,16,20,26H,11-12H2,(H,24,27). The first kappa shape index (κ1) is 20.9. The van der Waals surface area contributed by atoms with Gasteiger partial charge < -0.3 is 10.4 Å². The summed E-state index contributed by atoms with van der Waals surface area (Å²) in [6.45, 7) is -0.212. The maximum atomic E-state index is 14.1. The normalized spacial score (nSPS) is 19.8. The van der Waals surface area contributed by atoms with Gasteiger partial charge in [0.15, 0.2) is 0 Å². The lowest BCUT2D eigenvalue weighted by atomic mass is 10.1. The van der Waals surface area contributed by atoms with Gasteiger partial charge in [-0.1, -0.05) is 46.3 Å². The third-order valence-corrected chi connectivity index (χ3v) is 7.42. The third kappa shape index (κ3) is 3.98. The largest absolute Gasteiger partial charge is 0.392 e. The zero-order valence-electron chi connectivity index (χ0n) is 15.6. The van der Waals surface area contributed by atoms with Gasteiger partial charge in [-0.05, 0) is 41.1 Å². The summed E-state index contributed by atoms with van der Waals surface area (Å²) in [6, 6.07) is 15.0. The Labute approximate surface area is 181 Å². The topological polar surface area (TPSA) is 86.7 Å². The van der Waals surface area contributed by atoms with Gasteiger partial charge in [0.05, 0.1) is 16.7 Å². The number of sulfonamides is 1. The number of fused-ring (bicyclic) bond motifs is 1. The van der Waals surface area contributed by atoms with Gasteiger partial charge in [0.2, 0.25) is 15.9 Å². The zero-order chi connectivity index (χ0) is 21.5. The van der Waals surface area contributed by atoms with Crippen LogP contribution in [0.3, 0.4) is 0 Å². The highest BCUT2D eigenvalue weighted by atomic mass is 79.9. The Hall–Kier alpha value is -2.33. The molecule has 156 valence electrons. The van der Waals surface area contributed by atoms with Crippen molar-refractivity contribution < 1.29 is 22.7 Å². The van der Waals surface area contributed by atoms with Crippen molar-refractivity contribution >= 4 is 48.3 Å². The van der Waals surface area contributed by atoms with E-state index in [-0.39, 0.29) is 23.5 Å². The summed E-state index contributed by atoms with van der Waals surface area (Å²) in [4.78, 5) is 12.8. The van der Waals surface area contributed by atoms with Crippen molar-refractivity contribution in [3.8, 4) is 0 Å². The molecule has 1 aliphatic heterocycles. The van der Waals surface area contributed by atoms with E-state index in [0.29, 0.717) is 4.47 Å². The molecule has 1 aliphatic rings. The van der Waals surface area contributed by atoms with Gasteiger partial charge in [-0.3, -0.25) is 4.79 Å². The number of hydrogen-bond donors (Lipinski definition) is 2. The van der Waals surface area contributed by atoms with Crippen LogP contribution >= 0.6 is 15.9 Å². The number of halogens is 2. The van der Waals surface area contributed by atoms with Gasteiger partial charge in [0, 0.05) is 17.4 Å². The summed E-state index contributed by atoms with van der Waals surface area (Å²) in [5.41, 5.74) is -0.0624. The quantitative estimate of drug-likeness (QED) is 0.583. The number of hydrogen-bond acceptors (Lipinski definition) is 4. The first-order valence-electron chi connectivity index (χ1n) is 9.20. The van der Waals surface area contributed by atoms with Crippen molar-refractivity contribution in [1.29, 1.82) is 0 Å². The van der Waals surface area contributed by atoms with Crippen molar-refractivity contribution in [3.63, 3.8) is 0 Å². The number of β-amino-alcohol motifs (C(OH)–C–C–N with tert-alkyl or cyclic N) is 1. The van der Waals surface area contributed by atoms with E-state index in [9.17, 15) is 22.7 Å². The van der Waals surface area contributed by atoms with E-state index in [0.717, 1.165) is 15.1 Å². The molecule has 0 spiro atoms. The Balaban J connectivity index is 1.64. The number of carbonyl (C=O) groups excluding carboxylic acids is 1. The molecule has 0 aromatic heterocycles. The highest BCUT2D eigenvalue weighted by Crippen LogP contribution is 2.29. The van der Waals surface area contributed by atoms with E-state index in [1.54, 1.807) is 30.3 Å². The molecule has 4 rings (SSSR count). The maximum Gasteiger partial charge on any atom is 0.243 e. The number of amides is 1. The third-order valence-electron chi connectivity index (χ3n) is 5.05. The van der Waals surface area contributed by atoms with Gasteiger partial charge in [-0.25, -0.2) is 12.8 Å². The fraction of sp³-hybridized carbons (Fsp3) is 0.190. The molecule has 0 aliphatic carbocycles. The van der Waals surface area contributed by atoms with Crippen LogP contribution in [0.25, 0.3) is 10.8 Å². The molecular weight excluding hydrogens is 475 g/mol. The van der Waals surface area contributed by atoms with Crippen LogP contribution in [0.2, 0.25) is 0 Å². The van der Waals surface area contributed by atoms with Gasteiger partial charge in [-0.2, -0.15) is 4.31 Å². The van der Waals surface area contributed by atoms with Gasteiger partial charge in [-0.15, -0.1) is 0 Å².